The van der Waals surface area contributed by atoms with Crippen molar-refractivity contribution in [3.8, 4) is 0 Å². The van der Waals surface area contributed by atoms with Gasteiger partial charge in [-0.25, -0.2) is 5.01 Å². The molecule has 0 saturated heterocycles. The third-order valence-electron chi connectivity index (χ3n) is 2.75. The van der Waals surface area contributed by atoms with Crippen molar-refractivity contribution in [3.05, 3.63) is 34.9 Å². The molecule has 16 heavy (non-hydrogen) atoms. The number of carbonyl (C=O) groups excluding carboxylic acids is 1. The summed E-state index contributed by atoms with van der Waals surface area (Å²) >= 11 is 5.88. The molecule has 0 aliphatic carbocycles. The number of rotatable bonds is 2. The van der Waals surface area contributed by atoms with Crippen LogP contribution in [-0.4, -0.2) is 16.6 Å². The second-order valence-corrected chi connectivity index (χ2v) is 4.43. The van der Waals surface area contributed by atoms with Crippen molar-refractivity contribution in [2.75, 3.05) is 0 Å². The van der Waals surface area contributed by atoms with Crippen LogP contribution in [0.15, 0.2) is 29.4 Å². The molecule has 0 bridgehead atoms. The standard InChI is InChI=1S/C12H13ClN2O/c1-8-9(2)14-15(12(8)16)7-10-4-3-5-11(13)6-10/h3-6,8H,7H2,1-2H3. The fraction of sp³-hybridized carbons (Fsp3) is 0.333. The van der Waals surface area contributed by atoms with Crippen molar-refractivity contribution in [2.24, 2.45) is 11.0 Å². The Morgan fingerprint density at radius 1 is 1.50 bits per heavy atom. The van der Waals surface area contributed by atoms with Crippen molar-refractivity contribution in [1.29, 1.82) is 0 Å². The Bertz CT molecular complexity index is 456. The second kappa shape index (κ2) is 4.26. The molecule has 1 aromatic rings. The van der Waals surface area contributed by atoms with E-state index in [0.717, 1.165) is 11.3 Å². The quantitative estimate of drug-likeness (QED) is 0.777. The smallest absolute Gasteiger partial charge is 0.251 e. The molecule has 1 atom stereocenters. The summed E-state index contributed by atoms with van der Waals surface area (Å²) in [5.41, 5.74) is 1.86. The zero-order valence-corrected chi connectivity index (χ0v) is 10.0. The minimum atomic E-state index is -0.0980. The van der Waals surface area contributed by atoms with Crippen LogP contribution in [-0.2, 0) is 11.3 Å². The summed E-state index contributed by atoms with van der Waals surface area (Å²) in [6.07, 6.45) is 0. The van der Waals surface area contributed by atoms with Gasteiger partial charge in [-0.15, -0.1) is 0 Å². The van der Waals surface area contributed by atoms with E-state index in [1.165, 1.54) is 5.01 Å². The van der Waals surface area contributed by atoms with E-state index in [9.17, 15) is 4.79 Å². The van der Waals surface area contributed by atoms with Gasteiger partial charge in [0.2, 0.25) is 0 Å². The van der Waals surface area contributed by atoms with Crippen LogP contribution in [0.3, 0.4) is 0 Å². The molecular formula is C12H13ClN2O. The minimum absolute atomic E-state index is 0.0532. The lowest BCUT2D eigenvalue weighted by molar-refractivity contribution is -0.131. The van der Waals surface area contributed by atoms with E-state index in [1.807, 2.05) is 38.1 Å². The van der Waals surface area contributed by atoms with Crippen LogP contribution in [0.25, 0.3) is 0 Å². The number of benzene rings is 1. The molecular weight excluding hydrogens is 224 g/mol. The number of hydrazone groups is 1. The largest absolute Gasteiger partial charge is 0.272 e. The Morgan fingerprint density at radius 2 is 2.25 bits per heavy atom. The molecule has 0 aromatic heterocycles. The maximum atomic E-state index is 11.8. The van der Waals surface area contributed by atoms with Gasteiger partial charge in [-0.05, 0) is 31.5 Å². The highest BCUT2D eigenvalue weighted by atomic mass is 35.5. The lowest BCUT2D eigenvalue weighted by atomic mass is 10.1. The van der Waals surface area contributed by atoms with Crippen LogP contribution < -0.4 is 0 Å². The van der Waals surface area contributed by atoms with Crippen molar-refractivity contribution in [3.63, 3.8) is 0 Å². The second-order valence-electron chi connectivity index (χ2n) is 3.99. The van der Waals surface area contributed by atoms with Crippen LogP contribution >= 0.6 is 11.6 Å². The summed E-state index contributed by atoms with van der Waals surface area (Å²) in [5, 5.41) is 6.42. The minimum Gasteiger partial charge on any atom is -0.272 e. The first-order valence-corrected chi connectivity index (χ1v) is 5.56. The lowest BCUT2D eigenvalue weighted by Gasteiger charge is -2.12. The third kappa shape index (κ3) is 2.09. The summed E-state index contributed by atoms with van der Waals surface area (Å²) in [6, 6.07) is 7.47. The predicted molar refractivity (Wildman–Crippen MR) is 64.3 cm³/mol. The van der Waals surface area contributed by atoms with E-state index in [4.69, 9.17) is 11.6 Å². The summed E-state index contributed by atoms with van der Waals surface area (Å²) in [4.78, 5) is 11.8. The monoisotopic (exact) mass is 236 g/mol. The van der Waals surface area contributed by atoms with E-state index >= 15 is 0 Å². The first-order chi connectivity index (χ1) is 7.58. The van der Waals surface area contributed by atoms with Gasteiger partial charge >= 0.3 is 0 Å². The summed E-state index contributed by atoms with van der Waals surface area (Å²) in [7, 11) is 0. The van der Waals surface area contributed by atoms with E-state index in [-0.39, 0.29) is 11.8 Å². The van der Waals surface area contributed by atoms with E-state index in [1.54, 1.807) is 0 Å². The van der Waals surface area contributed by atoms with Gasteiger partial charge in [-0.1, -0.05) is 23.7 Å². The Hall–Kier alpha value is -1.35. The molecule has 1 amide bonds. The Morgan fingerprint density at radius 3 is 2.81 bits per heavy atom. The normalized spacial score (nSPS) is 20.2. The van der Waals surface area contributed by atoms with Gasteiger partial charge in [0.05, 0.1) is 12.5 Å². The molecule has 3 nitrogen and oxygen atoms in total. The number of halogens is 1. The molecule has 84 valence electrons. The first kappa shape index (κ1) is 11.1. The van der Waals surface area contributed by atoms with Crippen LogP contribution in [0, 0.1) is 5.92 Å². The zero-order valence-electron chi connectivity index (χ0n) is 9.27. The summed E-state index contributed by atoms with van der Waals surface area (Å²) < 4.78 is 0. The number of nitrogens with zero attached hydrogens (tertiary/aromatic N) is 2. The van der Waals surface area contributed by atoms with Crippen LogP contribution in [0.2, 0.25) is 5.02 Å². The molecule has 0 fully saturated rings. The molecule has 2 rings (SSSR count). The molecule has 1 unspecified atom stereocenters. The lowest BCUT2D eigenvalue weighted by Crippen LogP contribution is -2.25. The molecule has 0 N–H and O–H groups in total. The Balaban J connectivity index is 2.15. The zero-order chi connectivity index (χ0) is 11.7. The van der Waals surface area contributed by atoms with Gasteiger partial charge < -0.3 is 0 Å². The van der Waals surface area contributed by atoms with Crippen LogP contribution in [0.1, 0.15) is 19.4 Å². The summed E-state index contributed by atoms with van der Waals surface area (Å²) in [5.74, 6) is -0.0448. The number of hydrogen-bond acceptors (Lipinski definition) is 2. The van der Waals surface area contributed by atoms with Crippen molar-refractivity contribution < 1.29 is 4.79 Å². The highest BCUT2D eigenvalue weighted by Gasteiger charge is 2.29. The van der Waals surface area contributed by atoms with Crippen LogP contribution in [0.4, 0.5) is 0 Å². The Kier molecular flexibility index (Phi) is 2.97. The van der Waals surface area contributed by atoms with E-state index in [0.29, 0.717) is 11.6 Å². The molecule has 0 spiro atoms. The fourth-order valence-electron chi connectivity index (χ4n) is 1.65. The average Bonchev–Trinajstić information content (AvgIpc) is 2.47. The molecule has 1 aliphatic rings. The van der Waals surface area contributed by atoms with E-state index in [2.05, 4.69) is 5.10 Å². The molecule has 0 saturated carbocycles. The predicted octanol–water partition coefficient (Wildman–Crippen LogP) is 2.69. The third-order valence-corrected chi connectivity index (χ3v) is 2.99. The number of amides is 1. The fourth-order valence-corrected chi connectivity index (χ4v) is 1.86. The topological polar surface area (TPSA) is 32.7 Å². The average molecular weight is 237 g/mol. The summed E-state index contributed by atoms with van der Waals surface area (Å²) in [6.45, 7) is 4.24. The van der Waals surface area contributed by atoms with Gasteiger partial charge in [0.15, 0.2) is 0 Å². The first-order valence-electron chi connectivity index (χ1n) is 5.19. The number of hydrogen-bond donors (Lipinski definition) is 0. The van der Waals surface area contributed by atoms with Crippen molar-refractivity contribution in [1.82, 2.24) is 5.01 Å². The van der Waals surface area contributed by atoms with E-state index < -0.39 is 0 Å². The van der Waals surface area contributed by atoms with Gasteiger partial charge in [-0.2, -0.15) is 5.10 Å². The van der Waals surface area contributed by atoms with Crippen LogP contribution in [0.5, 0.6) is 0 Å². The van der Waals surface area contributed by atoms with Gasteiger partial charge in [-0.3, -0.25) is 4.79 Å². The highest BCUT2D eigenvalue weighted by molar-refractivity contribution is 6.30. The van der Waals surface area contributed by atoms with Gasteiger partial charge in [0, 0.05) is 10.7 Å². The maximum Gasteiger partial charge on any atom is 0.251 e. The molecule has 1 heterocycles. The Labute approximate surface area is 99.7 Å². The van der Waals surface area contributed by atoms with Gasteiger partial charge in [0.1, 0.15) is 0 Å². The van der Waals surface area contributed by atoms with Crippen molar-refractivity contribution in [2.45, 2.75) is 20.4 Å². The molecule has 1 aliphatic heterocycles. The number of carbonyl (C=O) groups is 1. The molecule has 0 radical (unpaired) electrons. The maximum absolute atomic E-state index is 11.8. The molecule has 4 heteroatoms. The van der Waals surface area contributed by atoms with Gasteiger partial charge in [0.25, 0.3) is 5.91 Å². The molecule has 1 aromatic carbocycles. The van der Waals surface area contributed by atoms with Crippen molar-refractivity contribution >= 4 is 23.2 Å². The highest BCUT2D eigenvalue weighted by Crippen LogP contribution is 2.19. The SMILES string of the molecule is CC1=NN(Cc2cccc(Cl)c2)C(=O)C1C.